The van der Waals surface area contributed by atoms with E-state index in [4.69, 9.17) is 9.69 Å². The number of hydrogen-bond donors (Lipinski definition) is 1. The van der Waals surface area contributed by atoms with Crippen LogP contribution in [0.4, 0.5) is 28.0 Å². The summed E-state index contributed by atoms with van der Waals surface area (Å²) in [4.78, 5) is 14.0. The third-order valence-corrected chi connectivity index (χ3v) is 11.6. The monoisotopic (exact) mass is 553 g/mol. The number of carbonyl (C=O) groups is 1. The molecule has 2 rings (SSSR count). The van der Waals surface area contributed by atoms with Gasteiger partial charge in [0.2, 0.25) is 0 Å². The standard InChI is InChI=1S/C22H31F4N3O5SSi/c1-13-15(9-8-14(12-27)17(13)23)28-20(30)29-11-10-16(34-36(6,7)21(2,3)4)18(29)19(22(24,25)26)33-35(5,31)32/h8-9,16,18-19H,10-11H2,1-7H3,(H,28,30)/t16-,18+,19-/m1/s1. The first-order valence-electron chi connectivity index (χ1n) is 11.1. The number of amides is 2. The Morgan fingerprint density at radius 2 is 1.86 bits per heavy atom. The van der Waals surface area contributed by atoms with E-state index in [0.29, 0.717) is 6.26 Å². The number of hydrogen-bond acceptors (Lipinski definition) is 6. The molecule has 0 bridgehead atoms. The Labute approximate surface area is 209 Å². The molecule has 36 heavy (non-hydrogen) atoms. The SMILES string of the molecule is Cc1c(NC(=O)N2CC[C@@H](O[Si](C)(C)C(C)(C)C)[C@H]2[C@@H](OS(C)(=O)=O)C(F)(F)F)ccc(C#N)c1F. The zero-order chi connectivity index (χ0) is 27.9. The molecule has 0 unspecified atom stereocenters. The number of anilines is 1. The summed E-state index contributed by atoms with van der Waals surface area (Å²) >= 11 is 0. The zero-order valence-electron chi connectivity index (χ0n) is 21.2. The number of rotatable bonds is 6. The Balaban J connectivity index is 2.51. The first kappa shape index (κ1) is 30.0. The molecule has 0 spiro atoms. The van der Waals surface area contributed by atoms with Crippen molar-refractivity contribution in [2.45, 2.75) is 76.7 Å². The smallest absolute Gasteiger partial charge is 0.412 e. The van der Waals surface area contributed by atoms with Crippen LogP contribution in [0.1, 0.15) is 38.3 Å². The van der Waals surface area contributed by atoms with Crippen molar-refractivity contribution in [1.82, 2.24) is 4.90 Å². The van der Waals surface area contributed by atoms with Crippen LogP contribution < -0.4 is 5.32 Å². The number of nitriles is 1. The van der Waals surface area contributed by atoms with E-state index in [0.717, 1.165) is 11.0 Å². The van der Waals surface area contributed by atoms with Crippen LogP contribution in [0.15, 0.2) is 12.1 Å². The lowest BCUT2D eigenvalue weighted by atomic mass is 10.1. The number of nitrogens with zero attached hydrogens (tertiary/aromatic N) is 2. The zero-order valence-corrected chi connectivity index (χ0v) is 23.0. The molecule has 3 atom stereocenters. The van der Waals surface area contributed by atoms with Gasteiger partial charge in [0.15, 0.2) is 14.4 Å². The predicted molar refractivity (Wildman–Crippen MR) is 128 cm³/mol. The van der Waals surface area contributed by atoms with E-state index >= 15 is 0 Å². The molecule has 14 heteroatoms. The van der Waals surface area contributed by atoms with Gasteiger partial charge in [-0.2, -0.15) is 26.9 Å². The minimum Gasteiger partial charge on any atom is -0.412 e. The van der Waals surface area contributed by atoms with Gasteiger partial charge >= 0.3 is 12.2 Å². The number of carbonyl (C=O) groups excluding carboxylic acids is 1. The van der Waals surface area contributed by atoms with Crippen molar-refractivity contribution in [3.8, 4) is 6.07 Å². The summed E-state index contributed by atoms with van der Waals surface area (Å²) in [7, 11) is -7.22. The molecule has 1 aromatic carbocycles. The van der Waals surface area contributed by atoms with Gasteiger partial charge in [0.1, 0.15) is 11.9 Å². The van der Waals surface area contributed by atoms with Crippen molar-refractivity contribution in [2.24, 2.45) is 0 Å². The highest BCUT2D eigenvalue weighted by Gasteiger charge is 2.57. The normalized spacial score (nSPS) is 20.2. The highest BCUT2D eigenvalue weighted by atomic mass is 32.2. The molecule has 2 amide bonds. The fraction of sp³-hybridized carbons (Fsp3) is 0.636. The Morgan fingerprint density at radius 3 is 2.33 bits per heavy atom. The average Bonchev–Trinajstić information content (AvgIpc) is 3.10. The second-order valence-corrected chi connectivity index (χ2v) is 16.7. The summed E-state index contributed by atoms with van der Waals surface area (Å²) < 4.78 is 91.0. The number of nitrogens with one attached hydrogen (secondary N) is 1. The van der Waals surface area contributed by atoms with E-state index < -0.39 is 54.7 Å². The topological polar surface area (TPSA) is 109 Å². The van der Waals surface area contributed by atoms with Gasteiger partial charge in [-0.1, -0.05) is 20.8 Å². The van der Waals surface area contributed by atoms with Gasteiger partial charge < -0.3 is 14.6 Å². The number of likely N-dealkylation sites (tertiary alicyclic amines) is 1. The highest BCUT2D eigenvalue weighted by Crippen LogP contribution is 2.42. The van der Waals surface area contributed by atoms with Gasteiger partial charge in [-0.25, -0.2) is 9.18 Å². The van der Waals surface area contributed by atoms with Gasteiger partial charge in [0.25, 0.3) is 10.1 Å². The van der Waals surface area contributed by atoms with Crippen LogP contribution in [0.25, 0.3) is 0 Å². The second kappa shape index (κ2) is 10.3. The lowest BCUT2D eigenvalue weighted by Crippen LogP contribution is -2.58. The number of halogens is 4. The lowest BCUT2D eigenvalue weighted by molar-refractivity contribution is -0.212. The molecular weight excluding hydrogens is 522 g/mol. The third kappa shape index (κ3) is 6.75. The van der Waals surface area contributed by atoms with Gasteiger partial charge in [-0.15, -0.1) is 0 Å². The van der Waals surface area contributed by atoms with Crippen LogP contribution in [0.2, 0.25) is 18.1 Å². The van der Waals surface area contributed by atoms with Crippen molar-refractivity contribution in [2.75, 3.05) is 18.1 Å². The molecule has 1 aliphatic rings. The molecule has 0 radical (unpaired) electrons. The molecule has 1 fully saturated rings. The quantitative estimate of drug-likeness (QED) is 0.305. The maximum absolute atomic E-state index is 14.4. The number of benzene rings is 1. The van der Waals surface area contributed by atoms with Gasteiger partial charge in [-0.3, -0.25) is 4.18 Å². The minimum absolute atomic E-state index is 0.00497. The molecule has 8 nitrogen and oxygen atoms in total. The van der Waals surface area contributed by atoms with E-state index in [1.807, 2.05) is 33.9 Å². The van der Waals surface area contributed by atoms with Crippen molar-refractivity contribution >= 4 is 30.2 Å². The molecule has 202 valence electrons. The molecule has 0 saturated carbocycles. The fourth-order valence-electron chi connectivity index (χ4n) is 3.65. The summed E-state index contributed by atoms with van der Waals surface area (Å²) in [6, 6.07) is 1.22. The van der Waals surface area contributed by atoms with Crippen LogP contribution in [0, 0.1) is 24.1 Å². The lowest BCUT2D eigenvalue weighted by Gasteiger charge is -2.42. The maximum atomic E-state index is 14.4. The molecule has 1 heterocycles. The summed E-state index contributed by atoms with van der Waals surface area (Å²) in [5, 5.41) is 11.0. The van der Waals surface area contributed by atoms with Crippen LogP contribution >= 0.6 is 0 Å². The van der Waals surface area contributed by atoms with Crippen LogP contribution in [-0.2, 0) is 18.7 Å². The van der Waals surface area contributed by atoms with E-state index in [-0.39, 0.29) is 34.8 Å². The molecule has 1 aromatic rings. The summed E-state index contributed by atoms with van der Waals surface area (Å²) in [5.41, 5.74) is -0.380. The van der Waals surface area contributed by atoms with E-state index in [2.05, 4.69) is 9.50 Å². The molecule has 1 saturated heterocycles. The molecular formula is C22H31F4N3O5SSi. The van der Waals surface area contributed by atoms with Crippen LogP contribution in [-0.4, -0.2) is 64.9 Å². The van der Waals surface area contributed by atoms with Crippen molar-refractivity contribution in [3.05, 3.63) is 29.1 Å². The highest BCUT2D eigenvalue weighted by molar-refractivity contribution is 7.86. The molecule has 0 aromatic heterocycles. The Morgan fingerprint density at radius 1 is 1.28 bits per heavy atom. The largest absolute Gasteiger partial charge is 0.418 e. The Kier molecular flexibility index (Phi) is 8.56. The van der Waals surface area contributed by atoms with Crippen LogP contribution in [0.5, 0.6) is 0 Å². The third-order valence-electron chi connectivity index (χ3n) is 6.57. The Hall–Kier alpha value is -2.21. The maximum Gasteiger partial charge on any atom is 0.418 e. The van der Waals surface area contributed by atoms with Crippen molar-refractivity contribution in [3.63, 3.8) is 0 Å². The van der Waals surface area contributed by atoms with Gasteiger partial charge in [-0.05, 0) is 43.6 Å². The van der Waals surface area contributed by atoms with Gasteiger partial charge in [0, 0.05) is 17.8 Å². The Bertz CT molecular complexity index is 1150. The van der Waals surface area contributed by atoms with Crippen molar-refractivity contribution in [1.29, 1.82) is 5.26 Å². The van der Waals surface area contributed by atoms with Crippen molar-refractivity contribution < 1.29 is 39.4 Å². The second-order valence-electron chi connectivity index (χ2n) is 10.3. The number of urea groups is 1. The van der Waals surface area contributed by atoms with E-state index in [1.54, 1.807) is 6.07 Å². The van der Waals surface area contributed by atoms with E-state index in [9.17, 15) is 30.8 Å². The average molecular weight is 554 g/mol. The molecule has 0 aliphatic carbocycles. The fourth-order valence-corrected chi connectivity index (χ4v) is 5.62. The van der Waals surface area contributed by atoms with E-state index in [1.165, 1.54) is 13.0 Å². The summed E-state index contributed by atoms with van der Waals surface area (Å²) in [5.74, 6) is -0.874. The first-order chi connectivity index (χ1) is 16.2. The minimum atomic E-state index is -5.15. The molecule has 1 aliphatic heterocycles. The molecule has 1 N–H and O–H groups in total. The number of alkyl halides is 3. The first-order valence-corrected chi connectivity index (χ1v) is 15.8. The summed E-state index contributed by atoms with van der Waals surface area (Å²) in [6.45, 7) is 10.5. The van der Waals surface area contributed by atoms with Crippen LogP contribution in [0.3, 0.4) is 0 Å². The summed E-state index contributed by atoms with van der Waals surface area (Å²) in [6.07, 6.45) is -8.69. The van der Waals surface area contributed by atoms with Gasteiger partial charge in [0.05, 0.1) is 24.0 Å². The predicted octanol–water partition coefficient (Wildman–Crippen LogP) is 4.91.